The van der Waals surface area contributed by atoms with E-state index in [4.69, 9.17) is 4.74 Å². The highest BCUT2D eigenvalue weighted by molar-refractivity contribution is 5.13. The fourth-order valence-corrected chi connectivity index (χ4v) is 1.17. The molecule has 0 aromatic heterocycles. The smallest absolute Gasteiger partial charge is 0.0792 e. The van der Waals surface area contributed by atoms with Crippen LogP contribution >= 0.6 is 0 Å². The van der Waals surface area contributed by atoms with Gasteiger partial charge >= 0.3 is 0 Å². The van der Waals surface area contributed by atoms with E-state index in [0.717, 1.165) is 6.42 Å². The lowest BCUT2D eigenvalue weighted by Crippen LogP contribution is -2.07. The summed E-state index contributed by atoms with van der Waals surface area (Å²) in [6.45, 7) is 8.03. The molecule has 0 saturated carbocycles. The number of hydrogen-bond donors (Lipinski definition) is 0. The Kier molecular flexibility index (Phi) is 4.73. The van der Waals surface area contributed by atoms with Crippen LogP contribution in [0.5, 0.6) is 0 Å². The predicted molar refractivity (Wildman–Crippen MR) is 60.0 cm³/mol. The van der Waals surface area contributed by atoms with E-state index in [9.17, 15) is 0 Å². The van der Waals surface area contributed by atoms with E-state index < -0.39 is 0 Å². The number of hydrogen-bond acceptors (Lipinski definition) is 1. The van der Waals surface area contributed by atoms with Crippen molar-refractivity contribution in [3.05, 3.63) is 61.2 Å². The van der Waals surface area contributed by atoms with Crippen molar-refractivity contribution >= 4 is 0 Å². The third-order valence-electron chi connectivity index (χ3n) is 1.97. The van der Waals surface area contributed by atoms with Gasteiger partial charge in [0.25, 0.3) is 0 Å². The molecule has 1 aromatic rings. The molecule has 1 aromatic carbocycles. The molecule has 0 bridgehead atoms. The molecule has 1 atom stereocenters. The number of ether oxygens (including phenoxy) is 1. The summed E-state index contributed by atoms with van der Waals surface area (Å²) < 4.78 is 5.63. The van der Waals surface area contributed by atoms with E-state index >= 15 is 0 Å². The summed E-state index contributed by atoms with van der Waals surface area (Å²) in [7, 11) is 0. The van der Waals surface area contributed by atoms with E-state index in [0.29, 0.717) is 6.61 Å². The van der Waals surface area contributed by atoms with Crippen LogP contribution < -0.4 is 0 Å². The van der Waals surface area contributed by atoms with E-state index in [1.807, 2.05) is 42.5 Å². The van der Waals surface area contributed by atoms with Gasteiger partial charge in [0.1, 0.15) is 0 Å². The summed E-state index contributed by atoms with van der Waals surface area (Å²) in [6, 6.07) is 10.1. The molecule has 0 radical (unpaired) electrons. The van der Waals surface area contributed by atoms with Gasteiger partial charge < -0.3 is 4.74 Å². The first kappa shape index (κ1) is 10.7. The molecule has 1 heteroatoms. The zero-order valence-electron chi connectivity index (χ0n) is 8.36. The van der Waals surface area contributed by atoms with Crippen molar-refractivity contribution < 1.29 is 4.74 Å². The lowest BCUT2D eigenvalue weighted by Gasteiger charge is -2.11. The first-order valence-corrected chi connectivity index (χ1v) is 4.75. The summed E-state index contributed by atoms with van der Waals surface area (Å²) in [5, 5.41) is 0. The molecule has 0 aliphatic carbocycles. The second-order valence-corrected chi connectivity index (χ2v) is 3.10. The maximum Gasteiger partial charge on any atom is 0.0792 e. The van der Waals surface area contributed by atoms with E-state index in [-0.39, 0.29) is 6.10 Å². The Morgan fingerprint density at radius 1 is 1.21 bits per heavy atom. The van der Waals surface area contributed by atoms with Crippen LogP contribution in [0.15, 0.2) is 55.6 Å². The highest BCUT2D eigenvalue weighted by Crippen LogP contribution is 2.06. The normalized spacial score (nSPS) is 12.0. The van der Waals surface area contributed by atoms with Gasteiger partial charge in [0.15, 0.2) is 0 Å². The van der Waals surface area contributed by atoms with Gasteiger partial charge in [0.05, 0.1) is 12.7 Å². The standard InChI is InChI=1S/C13H16O/c1-3-8-13(4-2)14-11-12-9-6-5-7-10-12/h3-7,9-10,13H,1-2,8,11H2. The Balaban J connectivity index is 2.39. The average Bonchev–Trinajstić information content (AvgIpc) is 2.25. The van der Waals surface area contributed by atoms with E-state index in [1.165, 1.54) is 5.56 Å². The molecule has 0 aliphatic rings. The molecule has 0 fully saturated rings. The lowest BCUT2D eigenvalue weighted by molar-refractivity contribution is 0.0743. The van der Waals surface area contributed by atoms with Gasteiger partial charge in [-0.15, -0.1) is 13.2 Å². The zero-order valence-corrected chi connectivity index (χ0v) is 8.36. The Morgan fingerprint density at radius 2 is 1.93 bits per heavy atom. The zero-order chi connectivity index (χ0) is 10.2. The lowest BCUT2D eigenvalue weighted by atomic mass is 10.2. The maximum atomic E-state index is 5.63. The van der Waals surface area contributed by atoms with Crippen molar-refractivity contribution in [2.24, 2.45) is 0 Å². The van der Waals surface area contributed by atoms with Gasteiger partial charge in [-0.3, -0.25) is 0 Å². The van der Waals surface area contributed by atoms with Crippen molar-refractivity contribution in [3.8, 4) is 0 Å². The monoisotopic (exact) mass is 188 g/mol. The van der Waals surface area contributed by atoms with Crippen LogP contribution in [0.3, 0.4) is 0 Å². The minimum atomic E-state index is 0.0766. The highest BCUT2D eigenvalue weighted by Gasteiger charge is 2.01. The first-order valence-electron chi connectivity index (χ1n) is 4.75. The molecule has 14 heavy (non-hydrogen) atoms. The number of benzene rings is 1. The van der Waals surface area contributed by atoms with Gasteiger partial charge in [0.2, 0.25) is 0 Å². The second-order valence-electron chi connectivity index (χ2n) is 3.10. The average molecular weight is 188 g/mol. The molecule has 0 spiro atoms. The molecule has 0 saturated heterocycles. The predicted octanol–water partition coefficient (Wildman–Crippen LogP) is 3.33. The highest BCUT2D eigenvalue weighted by atomic mass is 16.5. The Morgan fingerprint density at radius 3 is 2.50 bits per heavy atom. The third-order valence-corrected chi connectivity index (χ3v) is 1.97. The van der Waals surface area contributed by atoms with Crippen LogP contribution in [0.25, 0.3) is 0 Å². The van der Waals surface area contributed by atoms with Crippen LogP contribution in [0.2, 0.25) is 0 Å². The summed E-state index contributed by atoms with van der Waals surface area (Å²) in [4.78, 5) is 0. The third kappa shape index (κ3) is 3.58. The Hall–Kier alpha value is -1.34. The largest absolute Gasteiger partial charge is 0.369 e. The fourth-order valence-electron chi connectivity index (χ4n) is 1.17. The molecule has 1 unspecified atom stereocenters. The van der Waals surface area contributed by atoms with Crippen LogP contribution in [-0.2, 0) is 11.3 Å². The SMILES string of the molecule is C=CCC(C=C)OCc1ccccc1. The van der Waals surface area contributed by atoms with E-state index in [2.05, 4.69) is 13.2 Å². The first-order chi connectivity index (χ1) is 6.86. The van der Waals surface area contributed by atoms with Gasteiger partial charge in [-0.05, 0) is 12.0 Å². The molecule has 74 valence electrons. The van der Waals surface area contributed by atoms with Crippen LogP contribution in [0.1, 0.15) is 12.0 Å². The van der Waals surface area contributed by atoms with Crippen LogP contribution in [0.4, 0.5) is 0 Å². The van der Waals surface area contributed by atoms with Crippen LogP contribution in [0, 0.1) is 0 Å². The second kappa shape index (κ2) is 6.17. The van der Waals surface area contributed by atoms with Crippen molar-refractivity contribution in [2.45, 2.75) is 19.1 Å². The van der Waals surface area contributed by atoms with Crippen molar-refractivity contribution in [1.29, 1.82) is 0 Å². The molecule has 0 heterocycles. The van der Waals surface area contributed by atoms with E-state index in [1.54, 1.807) is 0 Å². The Labute approximate surface area is 85.7 Å². The minimum absolute atomic E-state index is 0.0766. The molecule has 1 nitrogen and oxygen atoms in total. The maximum absolute atomic E-state index is 5.63. The minimum Gasteiger partial charge on any atom is -0.369 e. The van der Waals surface area contributed by atoms with Gasteiger partial charge in [-0.1, -0.05) is 42.5 Å². The molecule has 1 rings (SSSR count). The summed E-state index contributed by atoms with van der Waals surface area (Å²) in [5.41, 5.74) is 1.18. The molecule has 0 amide bonds. The van der Waals surface area contributed by atoms with Gasteiger partial charge in [-0.2, -0.15) is 0 Å². The van der Waals surface area contributed by atoms with Crippen molar-refractivity contribution in [3.63, 3.8) is 0 Å². The Bertz CT molecular complexity index is 277. The van der Waals surface area contributed by atoms with Gasteiger partial charge in [0, 0.05) is 0 Å². The molecular formula is C13H16O. The topological polar surface area (TPSA) is 9.23 Å². The fraction of sp³-hybridized carbons (Fsp3) is 0.231. The molecular weight excluding hydrogens is 172 g/mol. The summed E-state index contributed by atoms with van der Waals surface area (Å²) >= 11 is 0. The van der Waals surface area contributed by atoms with Crippen molar-refractivity contribution in [2.75, 3.05) is 0 Å². The van der Waals surface area contributed by atoms with Crippen LogP contribution in [-0.4, -0.2) is 6.10 Å². The molecule has 0 aliphatic heterocycles. The summed E-state index contributed by atoms with van der Waals surface area (Å²) in [6.07, 6.45) is 4.55. The number of rotatable bonds is 6. The molecule has 0 N–H and O–H groups in total. The van der Waals surface area contributed by atoms with Gasteiger partial charge in [-0.25, -0.2) is 0 Å². The summed E-state index contributed by atoms with van der Waals surface area (Å²) in [5.74, 6) is 0. The quantitative estimate of drug-likeness (QED) is 0.622. The van der Waals surface area contributed by atoms with Crippen molar-refractivity contribution in [1.82, 2.24) is 0 Å².